The van der Waals surface area contributed by atoms with Crippen LogP contribution < -0.4 is 5.32 Å². The Morgan fingerprint density at radius 1 is 1.41 bits per heavy atom. The molecule has 1 fully saturated rings. The van der Waals surface area contributed by atoms with Gasteiger partial charge < -0.3 is 5.32 Å². The Kier molecular flexibility index (Phi) is 2.91. The number of pyridine rings is 1. The van der Waals surface area contributed by atoms with Crippen molar-refractivity contribution in [2.75, 3.05) is 13.1 Å². The van der Waals surface area contributed by atoms with Crippen LogP contribution in [0.4, 0.5) is 0 Å². The molecule has 3 nitrogen and oxygen atoms in total. The highest BCUT2D eigenvalue weighted by Crippen LogP contribution is 2.32. The predicted molar refractivity (Wildman–Crippen MR) is 70.3 cm³/mol. The second-order valence-corrected chi connectivity index (χ2v) is 5.60. The topological polar surface area (TPSA) is 37.8 Å². The lowest BCUT2D eigenvalue weighted by atomic mass is 10.1. The maximum atomic E-state index is 4.78. The second kappa shape index (κ2) is 4.55. The molecule has 0 aliphatic carbocycles. The van der Waals surface area contributed by atoms with Gasteiger partial charge in [0.15, 0.2) is 0 Å². The van der Waals surface area contributed by atoms with Crippen LogP contribution in [0.1, 0.15) is 22.2 Å². The SMILES string of the molecule is Cc1sc(C2CCNC2)nc1-c1ccccn1. The quantitative estimate of drug-likeness (QED) is 0.883. The van der Waals surface area contributed by atoms with Gasteiger partial charge in [0.25, 0.3) is 0 Å². The standard InChI is InChI=1S/C13H15N3S/c1-9-12(11-4-2-3-6-15-11)16-13(17-9)10-5-7-14-8-10/h2-4,6,10,14H,5,7-8H2,1H3. The molecule has 1 saturated heterocycles. The molecular formula is C13H15N3S. The Balaban J connectivity index is 1.96. The fraction of sp³-hybridized carbons (Fsp3) is 0.385. The predicted octanol–water partition coefficient (Wildman–Crippen LogP) is 2.59. The summed E-state index contributed by atoms with van der Waals surface area (Å²) >= 11 is 1.82. The lowest BCUT2D eigenvalue weighted by Gasteiger charge is -2.01. The van der Waals surface area contributed by atoms with Gasteiger partial charge in [0.2, 0.25) is 0 Å². The van der Waals surface area contributed by atoms with Gasteiger partial charge in [-0.2, -0.15) is 0 Å². The van der Waals surface area contributed by atoms with Crippen LogP contribution in [0.5, 0.6) is 0 Å². The molecule has 88 valence electrons. The highest BCUT2D eigenvalue weighted by atomic mass is 32.1. The zero-order valence-corrected chi connectivity index (χ0v) is 10.6. The van der Waals surface area contributed by atoms with Gasteiger partial charge in [-0.1, -0.05) is 6.07 Å². The molecule has 2 aromatic rings. The number of nitrogens with one attached hydrogen (secondary N) is 1. The maximum Gasteiger partial charge on any atom is 0.103 e. The summed E-state index contributed by atoms with van der Waals surface area (Å²) in [6, 6.07) is 5.98. The summed E-state index contributed by atoms with van der Waals surface area (Å²) in [7, 11) is 0. The number of hydrogen-bond donors (Lipinski definition) is 1. The number of aryl methyl sites for hydroxylation is 1. The van der Waals surface area contributed by atoms with E-state index in [1.54, 1.807) is 0 Å². The van der Waals surface area contributed by atoms with Crippen molar-refractivity contribution in [1.82, 2.24) is 15.3 Å². The molecule has 0 amide bonds. The molecule has 1 N–H and O–H groups in total. The summed E-state index contributed by atoms with van der Waals surface area (Å²) in [5.74, 6) is 0.594. The maximum absolute atomic E-state index is 4.78. The average Bonchev–Trinajstić information content (AvgIpc) is 2.99. The van der Waals surface area contributed by atoms with E-state index in [9.17, 15) is 0 Å². The molecule has 1 aliphatic rings. The molecule has 0 radical (unpaired) electrons. The van der Waals surface area contributed by atoms with Gasteiger partial charge in [0, 0.05) is 23.5 Å². The van der Waals surface area contributed by atoms with Crippen LogP contribution in [0.2, 0.25) is 0 Å². The van der Waals surface area contributed by atoms with E-state index in [1.165, 1.54) is 16.3 Å². The van der Waals surface area contributed by atoms with Crippen molar-refractivity contribution < 1.29 is 0 Å². The number of nitrogens with zero attached hydrogens (tertiary/aromatic N) is 2. The Bertz CT molecular complexity index is 501. The fourth-order valence-electron chi connectivity index (χ4n) is 2.20. The first-order valence-electron chi connectivity index (χ1n) is 5.94. The summed E-state index contributed by atoms with van der Waals surface area (Å²) < 4.78 is 0. The van der Waals surface area contributed by atoms with E-state index in [1.807, 2.05) is 35.7 Å². The number of hydrogen-bond acceptors (Lipinski definition) is 4. The first-order valence-corrected chi connectivity index (χ1v) is 6.75. The van der Waals surface area contributed by atoms with E-state index in [2.05, 4.69) is 17.2 Å². The van der Waals surface area contributed by atoms with E-state index in [0.29, 0.717) is 5.92 Å². The summed E-state index contributed by atoms with van der Waals surface area (Å²) in [5, 5.41) is 4.65. The highest BCUT2D eigenvalue weighted by molar-refractivity contribution is 7.12. The number of thiazole rings is 1. The normalized spacial score (nSPS) is 19.7. The van der Waals surface area contributed by atoms with Crippen LogP contribution in [0.3, 0.4) is 0 Å². The van der Waals surface area contributed by atoms with Crippen molar-refractivity contribution in [2.24, 2.45) is 0 Å². The largest absolute Gasteiger partial charge is 0.316 e. The van der Waals surface area contributed by atoms with Gasteiger partial charge in [-0.25, -0.2) is 4.98 Å². The van der Waals surface area contributed by atoms with Crippen molar-refractivity contribution in [2.45, 2.75) is 19.3 Å². The lowest BCUT2D eigenvalue weighted by molar-refractivity contribution is 0.756. The van der Waals surface area contributed by atoms with Crippen molar-refractivity contribution in [3.63, 3.8) is 0 Å². The molecular weight excluding hydrogens is 230 g/mol. The van der Waals surface area contributed by atoms with E-state index in [4.69, 9.17) is 4.98 Å². The number of aromatic nitrogens is 2. The zero-order chi connectivity index (χ0) is 11.7. The molecule has 2 aromatic heterocycles. The Morgan fingerprint density at radius 2 is 2.35 bits per heavy atom. The minimum Gasteiger partial charge on any atom is -0.316 e. The molecule has 3 rings (SSSR count). The fourth-order valence-corrected chi connectivity index (χ4v) is 3.26. The minimum atomic E-state index is 0.594. The summed E-state index contributed by atoms with van der Waals surface area (Å²) in [5.41, 5.74) is 2.04. The molecule has 0 saturated carbocycles. The lowest BCUT2D eigenvalue weighted by Crippen LogP contribution is -2.07. The first-order chi connectivity index (χ1) is 8.34. The highest BCUT2D eigenvalue weighted by Gasteiger charge is 2.21. The van der Waals surface area contributed by atoms with Crippen molar-refractivity contribution in [3.05, 3.63) is 34.3 Å². The molecule has 0 aromatic carbocycles. The van der Waals surface area contributed by atoms with Gasteiger partial charge in [0.05, 0.1) is 10.7 Å². The smallest absolute Gasteiger partial charge is 0.103 e. The molecule has 0 bridgehead atoms. The summed E-state index contributed by atoms with van der Waals surface area (Å²) in [6.07, 6.45) is 3.03. The van der Waals surface area contributed by atoms with E-state index in [0.717, 1.165) is 24.5 Å². The minimum absolute atomic E-state index is 0.594. The average molecular weight is 245 g/mol. The zero-order valence-electron chi connectivity index (χ0n) is 9.81. The van der Waals surface area contributed by atoms with Crippen LogP contribution in [-0.4, -0.2) is 23.1 Å². The van der Waals surface area contributed by atoms with Crippen LogP contribution in [0, 0.1) is 6.92 Å². The van der Waals surface area contributed by atoms with Gasteiger partial charge >= 0.3 is 0 Å². The molecule has 17 heavy (non-hydrogen) atoms. The second-order valence-electron chi connectivity index (χ2n) is 4.36. The van der Waals surface area contributed by atoms with Gasteiger partial charge in [-0.3, -0.25) is 4.98 Å². The van der Waals surface area contributed by atoms with Crippen molar-refractivity contribution >= 4 is 11.3 Å². The molecule has 1 unspecified atom stereocenters. The third-order valence-corrected chi connectivity index (χ3v) is 4.26. The summed E-state index contributed by atoms with van der Waals surface area (Å²) in [6.45, 7) is 4.31. The van der Waals surface area contributed by atoms with Crippen molar-refractivity contribution in [1.29, 1.82) is 0 Å². The van der Waals surface area contributed by atoms with E-state index in [-0.39, 0.29) is 0 Å². The number of rotatable bonds is 2. The molecule has 0 spiro atoms. The van der Waals surface area contributed by atoms with Crippen molar-refractivity contribution in [3.8, 4) is 11.4 Å². The summed E-state index contributed by atoms with van der Waals surface area (Å²) in [4.78, 5) is 10.4. The molecule has 1 atom stereocenters. The molecule has 4 heteroatoms. The van der Waals surface area contributed by atoms with Gasteiger partial charge in [0.1, 0.15) is 5.69 Å². The Hall–Kier alpha value is -1.26. The van der Waals surface area contributed by atoms with Crippen LogP contribution in [0.25, 0.3) is 11.4 Å². The first kappa shape index (κ1) is 10.9. The Morgan fingerprint density at radius 3 is 3.06 bits per heavy atom. The van der Waals surface area contributed by atoms with Gasteiger partial charge in [-0.05, 0) is 32.0 Å². The Labute approximate surface area is 105 Å². The molecule has 1 aliphatic heterocycles. The molecule has 3 heterocycles. The van der Waals surface area contributed by atoms with E-state index >= 15 is 0 Å². The van der Waals surface area contributed by atoms with E-state index < -0.39 is 0 Å². The van der Waals surface area contributed by atoms with Crippen LogP contribution >= 0.6 is 11.3 Å². The van der Waals surface area contributed by atoms with Crippen LogP contribution in [-0.2, 0) is 0 Å². The van der Waals surface area contributed by atoms with Gasteiger partial charge in [-0.15, -0.1) is 11.3 Å². The third kappa shape index (κ3) is 2.10. The third-order valence-electron chi connectivity index (χ3n) is 3.13. The van der Waals surface area contributed by atoms with Crippen LogP contribution in [0.15, 0.2) is 24.4 Å². The monoisotopic (exact) mass is 245 g/mol.